The number of nitrogens with two attached hydrogens (primary N) is 1. The number of halogens is 1. The average Bonchev–Trinajstić information content (AvgIpc) is 3.36. The lowest BCUT2D eigenvalue weighted by Gasteiger charge is -2.40. The van der Waals surface area contributed by atoms with Crippen molar-refractivity contribution in [3.05, 3.63) is 58.6 Å². The predicted molar refractivity (Wildman–Crippen MR) is 134 cm³/mol. The van der Waals surface area contributed by atoms with Crippen LogP contribution in [0.5, 0.6) is 0 Å². The third-order valence-corrected chi connectivity index (χ3v) is 8.52. The van der Waals surface area contributed by atoms with E-state index in [0.29, 0.717) is 18.8 Å². The number of rotatable bonds is 2. The number of nitrogens with zero attached hydrogens (tertiary/aromatic N) is 4. The Morgan fingerprint density at radius 1 is 1.21 bits per heavy atom. The lowest BCUT2D eigenvalue weighted by Crippen LogP contribution is -2.48. The topological polar surface area (TPSA) is 122 Å². The van der Waals surface area contributed by atoms with E-state index in [1.165, 1.54) is 0 Å². The number of piperidine rings is 1. The summed E-state index contributed by atoms with van der Waals surface area (Å²) in [6.45, 7) is 2.59. The van der Waals surface area contributed by atoms with Gasteiger partial charge >= 0.3 is 0 Å². The van der Waals surface area contributed by atoms with Crippen molar-refractivity contribution in [1.82, 2.24) is 24.8 Å². The van der Waals surface area contributed by atoms with Crippen molar-refractivity contribution >= 4 is 43.7 Å². The Labute approximate surface area is 205 Å². The highest BCUT2D eigenvalue weighted by Crippen LogP contribution is 2.51. The fourth-order valence-corrected chi connectivity index (χ4v) is 6.24. The number of nitrogens with one attached hydrogen (secondary N) is 1. The number of hydrogen-bond acceptors (Lipinski definition) is 7. The minimum Gasteiger partial charge on any atom is -0.390 e. The fourth-order valence-electron chi connectivity index (χ4n) is 5.91. The highest BCUT2D eigenvalue weighted by atomic mass is 79.9. The monoisotopic (exact) mass is 522 g/mol. The number of fused-ring (bicyclic) bond motifs is 2. The molecule has 3 aromatic heterocycles. The molecule has 9 heteroatoms. The number of anilines is 1. The van der Waals surface area contributed by atoms with Gasteiger partial charge in [0.05, 0.1) is 27.8 Å². The second-order valence-corrected chi connectivity index (χ2v) is 10.6. The molecule has 4 heterocycles. The molecule has 5 N–H and O–H groups in total. The van der Waals surface area contributed by atoms with Gasteiger partial charge in [0.1, 0.15) is 23.9 Å². The normalized spacial score (nSPS) is 29.4. The second kappa shape index (κ2) is 7.98. The van der Waals surface area contributed by atoms with Crippen molar-refractivity contribution in [2.24, 2.45) is 5.41 Å². The summed E-state index contributed by atoms with van der Waals surface area (Å²) in [5.74, 6) is 0.479. The van der Waals surface area contributed by atoms with Crippen LogP contribution in [0.2, 0.25) is 0 Å². The van der Waals surface area contributed by atoms with E-state index in [9.17, 15) is 10.2 Å². The number of hydrogen-bond donors (Lipinski definition) is 4. The number of aryl methyl sites for hydroxylation is 1. The van der Waals surface area contributed by atoms with Gasteiger partial charge in [-0.05, 0) is 65.9 Å². The number of benzene rings is 1. The third-order valence-electron chi connectivity index (χ3n) is 7.88. The first-order valence-corrected chi connectivity index (χ1v) is 12.4. The van der Waals surface area contributed by atoms with Crippen LogP contribution in [0, 0.1) is 12.3 Å². The number of aliphatic hydroxyl groups excluding tert-OH is 2. The van der Waals surface area contributed by atoms with Crippen LogP contribution < -0.4 is 11.1 Å². The van der Waals surface area contributed by atoms with Gasteiger partial charge in [0.2, 0.25) is 0 Å². The van der Waals surface area contributed by atoms with Crippen molar-refractivity contribution in [2.75, 3.05) is 12.3 Å². The van der Waals surface area contributed by atoms with Crippen molar-refractivity contribution in [3.63, 3.8) is 0 Å². The zero-order chi connectivity index (χ0) is 23.6. The lowest BCUT2D eigenvalue weighted by molar-refractivity contribution is -0.0398. The molecule has 2 fully saturated rings. The predicted octanol–water partition coefficient (Wildman–Crippen LogP) is 3.41. The molecule has 0 radical (unpaired) electrons. The summed E-state index contributed by atoms with van der Waals surface area (Å²) in [4.78, 5) is 13.2. The van der Waals surface area contributed by atoms with E-state index in [1.807, 2.05) is 29.8 Å². The highest BCUT2D eigenvalue weighted by Gasteiger charge is 2.54. The van der Waals surface area contributed by atoms with Crippen molar-refractivity contribution in [1.29, 1.82) is 0 Å². The molecule has 1 aromatic carbocycles. The summed E-state index contributed by atoms with van der Waals surface area (Å²) < 4.78 is 2.81. The molecule has 1 aliphatic heterocycles. The summed E-state index contributed by atoms with van der Waals surface area (Å²) in [6, 6.07) is 10.2. The maximum absolute atomic E-state index is 11.2. The van der Waals surface area contributed by atoms with Crippen LogP contribution in [0.4, 0.5) is 5.82 Å². The van der Waals surface area contributed by atoms with Gasteiger partial charge in [-0.15, -0.1) is 0 Å². The Hall–Kier alpha value is -2.59. The molecule has 2 aliphatic rings. The summed E-state index contributed by atoms with van der Waals surface area (Å²) >= 11 is 3.44. The van der Waals surface area contributed by atoms with Crippen LogP contribution in [0.1, 0.15) is 42.6 Å². The largest absolute Gasteiger partial charge is 0.390 e. The maximum atomic E-state index is 11.2. The molecule has 6 rings (SSSR count). The van der Waals surface area contributed by atoms with Gasteiger partial charge in [0.25, 0.3) is 0 Å². The standard InChI is InChI=1S/C25H27BrN6O2/c1-13-16-5-7-32(24(16)30-12-29-13)20-10-25(22(34)21(20)33)6-4-18(28-11-25)15-3-2-14-8-17(26)23(27)31-19(14)9-15/h2-3,5,7-9,12,18,20-22,28,33-34H,4,6,10-11H2,1H3,(H2,27,31)/t18-,20-,21+,22+,25+/m1/s1. The molecule has 8 nitrogen and oxygen atoms in total. The summed E-state index contributed by atoms with van der Waals surface area (Å²) in [5.41, 5.74) is 9.34. The van der Waals surface area contributed by atoms with Crippen LogP contribution >= 0.6 is 15.9 Å². The van der Waals surface area contributed by atoms with Crippen LogP contribution in [-0.2, 0) is 0 Å². The van der Waals surface area contributed by atoms with Gasteiger partial charge in [-0.2, -0.15) is 0 Å². The van der Waals surface area contributed by atoms with E-state index in [4.69, 9.17) is 5.73 Å². The molecule has 1 spiro atoms. The Balaban J connectivity index is 1.24. The van der Waals surface area contributed by atoms with Gasteiger partial charge in [-0.3, -0.25) is 0 Å². The van der Waals surface area contributed by atoms with Gasteiger partial charge in [0.15, 0.2) is 0 Å². The zero-order valence-corrected chi connectivity index (χ0v) is 20.4. The number of aliphatic hydroxyl groups is 2. The van der Waals surface area contributed by atoms with E-state index >= 15 is 0 Å². The molecule has 0 unspecified atom stereocenters. The van der Waals surface area contributed by atoms with Gasteiger partial charge in [0, 0.05) is 35.0 Å². The van der Waals surface area contributed by atoms with E-state index in [2.05, 4.69) is 54.4 Å². The molecule has 176 valence electrons. The molecule has 34 heavy (non-hydrogen) atoms. The quantitative estimate of drug-likeness (QED) is 0.318. The molecule has 1 saturated heterocycles. The highest BCUT2D eigenvalue weighted by molar-refractivity contribution is 9.10. The Morgan fingerprint density at radius 3 is 2.85 bits per heavy atom. The van der Waals surface area contributed by atoms with Gasteiger partial charge in [-0.1, -0.05) is 12.1 Å². The van der Waals surface area contributed by atoms with Crippen LogP contribution in [-0.4, -0.2) is 48.5 Å². The lowest BCUT2D eigenvalue weighted by atomic mass is 9.74. The first-order valence-electron chi connectivity index (χ1n) is 11.6. The average molecular weight is 523 g/mol. The molecular weight excluding hydrogens is 496 g/mol. The molecule has 5 atom stereocenters. The molecule has 4 aromatic rings. The Bertz CT molecular complexity index is 1400. The van der Waals surface area contributed by atoms with E-state index < -0.39 is 12.2 Å². The summed E-state index contributed by atoms with van der Waals surface area (Å²) in [6.07, 6.45) is 4.22. The van der Waals surface area contributed by atoms with Crippen LogP contribution in [0.25, 0.3) is 21.9 Å². The van der Waals surface area contributed by atoms with E-state index in [-0.39, 0.29) is 17.5 Å². The van der Waals surface area contributed by atoms with Crippen LogP contribution in [0.15, 0.2) is 47.3 Å². The Morgan fingerprint density at radius 2 is 2.06 bits per heavy atom. The number of pyridine rings is 1. The first-order chi connectivity index (χ1) is 16.4. The maximum Gasteiger partial charge on any atom is 0.143 e. The van der Waals surface area contributed by atoms with Gasteiger partial charge < -0.3 is 25.8 Å². The van der Waals surface area contributed by atoms with Crippen molar-refractivity contribution in [3.8, 4) is 0 Å². The molecule has 1 aliphatic carbocycles. The summed E-state index contributed by atoms with van der Waals surface area (Å²) in [7, 11) is 0. The number of aromatic nitrogens is 4. The van der Waals surface area contributed by atoms with Crippen molar-refractivity contribution < 1.29 is 10.2 Å². The molecular formula is C25H27BrN6O2. The molecule has 0 bridgehead atoms. The zero-order valence-electron chi connectivity index (χ0n) is 18.8. The SMILES string of the molecule is Cc1ncnc2c1ccn2[C@@H]1C[C@]2(CC[C@H](c3ccc4cc(Br)c(N)nc4c3)NC2)[C@@H](O)[C@H]1O. The number of nitrogen functional groups attached to an aromatic ring is 1. The minimum atomic E-state index is -0.851. The van der Waals surface area contributed by atoms with E-state index in [1.54, 1.807) is 6.33 Å². The fraction of sp³-hybridized carbons (Fsp3) is 0.400. The summed E-state index contributed by atoms with van der Waals surface area (Å²) in [5, 5.41) is 27.9. The molecule has 1 saturated carbocycles. The van der Waals surface area contributed by atoms with Crippen LogP contribution in [0.3, 0.4) is 0 Å². The van der Waals surface area contributed by atoms with Gasteiger partial charge in [-0.25, -0.2) is 15.0 Å². The van der Waals surface area contributed by atoms with Crippen molar-refractivity contribution in [2.45, 2.75) is 50.5 Å². The third kappa shape index (κ3) is 3.33. The smallest absolute Gasteiger partial charge is 0.143 e. The molecule has 0 amide bonds. The minimum absolute atomic E-state index is 0.160. The van der Waals surface area contributed by atoms with E-state index in [0.717, 1.165) is 50.5 Å². The second-order valence-electron chi connectivity index (χ2n) is 9.77. The Kier molecular flexibility index (Phi) is 5.14. The first kappa shape index (κ1) is 21.9.